The van der Waals surface area contributed by atoms with Crippen molar-refractivity contribution in [2.45, 2.75) is 18.9 Å². The fourth-order valence-corrected chi connectivity index (χ4v) is 2.47. The second-order valence-corrected chi connectivity index (χ2v) is 4.63. The Balaban J connectivity index is 1.83. The first kappa shape index (κ1) is 11.2. The Kier molecular flexibility index (Phi) is 2.54. The SMILES string of the molecule is COC(=O)[C@H]1C[C@H](n2cnc3cc(F)ccc32)C1. The van der Waals surface area contributed by atoms with Crippen LogP contribution in [0.25, 0.3) is 11.0 Å². The number of hydrogen-bond acceptors (Lipinski definition) is 3. The Morgan fingerprint density at radius 2 is 2.28 bits per heavy atom. The second-order valence-electron chi connectivity index (χ2n) is 4.63. The molecule has 1 heterocycles. The molecule has 1 saturated carbocycles. The van der Waals surface area contributed by atoms with Gasteiger partial charge in [0.15, 0.2) is 0 Å². The Bertz CT molecular complexity index is 602. The first-order valence-corrected chi connectivity index (χ1v) is 5.89. The second kappa shape index (κ2) is 4.08. The molecule has 0 saturated heterocycles. The van der Waals surface area contributed by atoms with Gasteiger partial charge in [0.1, 0.15) is 5.82 Å². The van der Waals surface area contributed by atoms with Gasteiger partial charge in [-0.05, 0) is 25.0 Å². The van der Waals surface area contributed by atoms with Gasteiger partial charge in [-0.25, -0.2) is 9.37 Å². The highest BCUT2D eigenvalue weighted by Gasteiger charge is 2.36. The van der Waals surface area contributed by atoms with Crippen LogP contribution in [-0.2, 0) is 9.53 Å². The molecule has 0 spiro atoms. The molecule has 0 atom stereocenters. The van der Waals surface area contributed by atoms with Crippen molar-refractivity contribution in [1.82, 2.24) is 9.55 Å². The van der Waals surface area contributed by atoms with E-state index in [0.717, 1.165) is 18.4 Å². The van der Waals surface area contributed by atoms with Crippen LogP contribution in [0.15, 0.2) is 24.5 Å². The molecule has 0 N–H and O–H groups in total. The number of imidazole rings is 1. The number of carbonyl (C=O) groups excluding carboxylic acids is 1. The maximum atomic E-state index is 13.0. The van der Waals surface area contributed by atoms with Gasteiger partial charge >= 0.3 is 5.97 Å². The lowest BCUT2D eigenvalue weighted by Gasteiger charge is -2.34. The number of halogens is 1. The monoisotopic (exact) mass is 248 g/mol. The Morgan fingerprint density at radius 3 is 3.00 bits per heavy atom. The number of hydrogen-bond donors (Lipinski definition) is 0. The van der Waals surface area contributed by atoms with Crippen molar-refractivity contribution in [2.75, 3.05) is 7.11 Å². The van der Waals surface area contributed by atoms with E-state index in [1.165, 1.54) is 19.2 Å². The summed E-state index contributed by atoms with van der Waals surface area (Å²) in [5.41, 5.74) is 1.56. The number of nitrogens with zero attached hydrogens (tertiary/aromatic N) is 2. The van der Waals surface area contributed by atoms with E-state index < -0.39 is 0 Å². The van der Waals surface area contributed by atoms with Gasteiger partial charge < -0.3 is 9.30 Å². The van der Waals surface area contributed by atoms with Crippen LogP contribution in [0.3, 0.4) is 0 Å². The van der Waals surface area contributed by atoms with Crippen molar-refractivity contribution in [3.8, 4) is 0 Å². The van der Waals surface area contributed by atoms with Crippen molar-refractivity contribution in [3.05, 3.63) is 30.3 Å². The van der Waals surface area contributed by atoms with Gasteiger partial charge in [-0.2, -0.15) is 0 Å². The molecule has 1 aliphatic rings. The van der Waals surface area contributed by atoms with E-state index >= 15 is 0 Å². The minimum absolute atomic E-state index is 0.0158. The van der Waals surface area contributed by atoms with Crippen molar-refractivity contribution in [2.24, 2.45) is 5.92 Å². The van der Waals surface area contributed by atoms with E-state index in [0.29, 0.717) is 5.52 Å². The van der Waals surface area contributed by atoms with Crippen molar-refractivity contribution < 1.29 is 13.9 Å². The van der Waals surface area contributed by atoms with Gasteiger partial charge in [0, 0.05) is 12.1 Å². The normalized spacial score (nSPS) is 22.8. The molecule has 1 aliphatic carbocycles. The highest BCUT2D eigenvalue weighted by molar-refractivity contribution is 5.76. The highest BCUT2D eigenvalue weighted by Crippen LogP contribution is 2.39. The number of benzene rings is 1. The van der Waals surface area contributed by atoms with Gasteiger partial charge in [-0.3, -0.25) is 4.79 Å². The third-order valence-electron chi connectivity index (χ3n) is 3.58. The average Bonchev–Trinajstić information content (AvgIpc) is 2.70. The summed E-state index contributed by atoms with van der Waals surface area (Å²) in [7, 11) is 1.41. The van der Waals surface area contributed by atoms with E-state index in [1.807, 2.05) is 4.57 Å². The van der Waals surface area contributed by atoms with Gasteiger partial charge in [0.05, 0.1) is 30.4 Å². The van der Waals surface area contributed by atoms with Crippen molar-refractivity contribution >= 4 is 17.0 Å². The zero-order valence-corrected chi connectivity index (χ0v) is 9.97. The maximum Gasteiger partial charge on any atom is 0.308 e. The molecule has 0 amide bonds. The minimum Gasteiger partial charge on any atom is -0.469 e. The van der Waals surface area contributed by atoms with Crippen LogP contribution in [-0.4, -0.2) is 22.6 Å². The van der Waals surface area contributed by atoms with E-state index in [4.69, 9.17) is 4.74 Å². The molecule has 0 radical (unpaired) electrons. The third-order valence-corrected chi connectivity index (χ3v) is 3.58. The van der Waals surface area contributed by atoms with Crippen molar-refractivity contribution in [3.63, 3.8) is 0 Å². The molecular weight excluding hydrogens is 235 g/mol. The van der Waals surface area contributed by atoms with Gasteiger partial charge in [0.25, 0.3) is 0 Å². The number of ether oxygens (including phenoxy) is 1. The molecule has 4 nitrogen and oxygen atoms in total. The van der Waals surface area contributed by atoms with Crippen LogP contribution in [0.1, 0.15) is 18.9 Å². The molecular formula is C13H13FN2O2. The molecule has 0 aliphatic heterocycles. The summed E-state index contributed by atoms with van der Waals surface area (Å²) in [6, 6.07) is 4.83. The fraction of sp³-hybridized carbons (Fsp3) is 0.385. The average molecular weight is 248 g/mol. The molecule has 1 aromatic heterocycles. The number of fused-ring (bicyclic) bond motifs is 1. The number of carbonyl (C=O) groups is 1. The lowest BCUT2D eigenvalue weighted by atomic mass is 9.80. The predicted octanol–water partition coefficient (Wildman–Crippen LogP) is 2.30. The van der Waals surface area contributed by atoms with Crippen molar-refractivity contribution in [1.29, 1.82) is 0 Å². The number of methoxy groups -OCH3 is 1. The Labute approximate surface area is 103 Å². The largest absolute Gasteiger partial charge is 0.469 e. The molecule has 5 heteroatoms. The van der Waals surface area contributed by atoms with E-state index in [9.17, 15) is 9.18 Å². The van der Waals surface area contributed by atoms with Gasteiger partial charge in [0.2, 0.25) is 0 Å². The number of esters is 1. The molecule has 0 bridgehead atoms. The first-order chi connectivity index (χ1) is 8.69. The summed E-state index contributed by atoms with van der Waals surface area (Å²) in [4.78, 5) is 15.5. The molecule has 2 aromatic rings. The van der Waals surface area contributed by atoms with Crippen LogP contribution < -0.4 is 0 Å². The van der Waals surface area contributed by atoms with Crippen LogP contribution in [0, 0.1) is 11.7 Å². The summed E-state index contributed by atoms with van der Waals surface area (Å²) in [5, 5.41) is 0. The van der Waals surface area contributed by atoms with E-state index in [1.54, 1.807) is 12.4 Å². The minimum atomic E-state index is -0.284. The quantitative estimate of drug-likeness (QED) is 0.766. The summed E-state index contributed by atoms with van der Waals surface area (Å²) in [6.45, 7) is 0. The zero-order chi connectivity index (χ0) is 12.7. The summed E-state index contributed by atoms with van der Waals surface area (Å²) >= 11 is 0. The van der Waals surface area contributed by atoms with Gasteiger partial charge in [-0.15, -0.1) is 0 Å². The smallest absolute Gasteiger partial charge is 0.308 e. The fourth-order valence-electron chi connectivity index (χ4n) is 2.47. The van der Waals surface area contributed by atoms with Crippen LogP contribution in [0.2, 0.25) is 0 Å². The lowest BCUT2D eigenvalue weighted by molar-refractivity contribution is -0.149. The van der Waals surface area contributed by atoms with Crippen LogP contribution in [0.4, 0.5) is 4.39 Å². The number of aromatic nitrogens is 2. The summed E-state index contributed by atoms with van der Waals surface area (Å²) in [5.74, 6) is -0.451. The van der Waals surface area contributed by atoms with E-state index in [2.05, 4.69) is 4.98 Å². The topological polar surface area (TPSA) is 44.1 Å². The molecule has 0 unspecified atom stereocenters. The highest BCUT2D eigenvalue weighted by atomic mass is 19.1. The maximum absolute atomic E-state index is 13.0. The molecule has 94 valence electrons. The third kappa shape index (κ3) is 1.66. The Hall–Kier alpha value is -1.91. The zero-order valence-electron chi connectivity index (χ0n) is 9.97. The van der Waals surface area contributed by atoms with Gasteiger partial charge in [-0.1, -0.05) is 0 Å². The first-order valence-electron chi connectivity index (χ1n) is 5.89. The molecule has 1 aromatic carbocycles. The van der Waals surface area contributed by atoms with Crippen LogP contribution in [0.5, 0.6) is 0 Å². The summed E-state index contributed by atoms with van der Waals surface area (Å²) in [6.07, 6.45) is 3.23. The molecule has 3 rings (SSSR count). The summed E-state index contributed by atoms with van der Waals surface area (Å²) < 4.78 is 19.8. The number of rotatable bonds is 2. The lowest BCUT2D eigenvalue weighted by Crippen LogP contribution is -2.32. The van der Waals surface area contributed by atoms with E-state index in [-0.39, 0.29) is 23.7 Å². The standard InChI is InChI=1S/C13H13FN2O2/c1-18-13(17)8-4-10(5-8)16-7-15-11-6-9(14)2-3-12(11)16/h2-3,6-8,10H,4-5H2,1H3/t8-,10-. The van der Waals surface area contributed by atoms with Crippen LogP contribution >= 0.6 is 0 Å². The molecule has 18 heavy (non-hydrogen) atoms. The molecule has 1 fully saturated rings. The Morgan fingerprint density at radius 1 is 1.50 bits per heavy atom. The predicted molar refractivity (Wildman–Crippen MR) is 63.5 cm³/mol.